The number of aliphatic imine (C=N–C) groups is 1. The van der Waals surface area contributed by atoms with Crippen molar-refractivity contribution >= 4 is 46.2 Å². The molecule has 4 nitrogen and oxygen atoms in total. The molecule has 6 heteroatoms. The van der Waals surface area contributed by atoms with Crippen LogP contribution in [0.15, 0.2) is 71.1 Å². The van der Waals surface area contributed by atoms with Gasteiger partial charge < -0.3 is 4.74 Å². The van der Waals surface area contributed by atoms with Crippen molar-refractivity contribution < 1.29 is 9.53 Å². The Hall–Kier alpha value is -2.50. The predicted molar refractivity (Wildman–Crippen MR) is 114 cm³/mol. The third kappa shape index (κ3) is 4.43. The van der Waals surface area contributed by atoms with Crippen molar-refractivity contribution in [2.75, 3.05) is 13.2 Å². The molecule has 0 bridgehead atoms. The Kier molecular flexibility index (Phi) is 6.37. The molecule has 2 aromatic rings. The summed E-state index contributed by atoms with van der Waals surface area (Å²) in [6, 6.07) is 14.9. The molecule has 1 amide bonds. The number of likely N-dealkylation sites (N-methyl/N-ethyl adjacent to an activating group) is 1. The van der Waals surface area contributed by atoms with Gasteiger partial charge in [-0.1, -0.05) is 54.6 Å². The van der Waals surface area contributed by atoms with Crippen LogP contribution in [0, 0.1) is 0 Å². The summed E-state index contributed by atoms with van der Waals surface area (Å²) in [6.45, 7) is 6.52. The number of benzene rings is 2. The van der Waals surface area contributed by atoms with Crippen LogP contribution in [-0.2, 0) is 4.79 Å². The summed E-state index contributed by atoms with van der Waals surface area (Å²) in [5.41, 5.74) is 1.48. The maximum absolute atomic E-state index is 12.8. The van der Waals surface area contributed by atoms with Crippen molar-refractivity contribution in [1.82, 2.24) is 4.90 Å². The van der Waals surface area contributed by atoms with Crippen LogP contribution in [-0.4, -0.2) is 29.1 Å². The number of hydrogen-bond donors (Lipinski definition) is 0. The molecule has 0 aromatic heterocycles. The summed E-state index contributed by atoms with van der Waals surface area (Å²) >= 11 is 7.54. The fraction of sp³-hybridized carbons (Fsp3) is 0.143. The number of thioether (sulfide) groups is 1. The van der Waals surface area contributed by atoms with Gasteiger partial charge in [-0.2, -0.15) is 0 Å². The van der Waals surface area contributed by atoms with Gasteiger partial charge in [0.25, 0.3) is 5.91 Å². The number of carbonyl (C=O) groups excluding carboxylic acids is 1. The summed E-state index contributed by atoms with van der Waals surface area (Å²) in [4.78, 5) is 19.7. The lowest BCUT2D eigenvalue weighted by atomic mass is 10.2. The molecule has 1 heterocycles. The molecule has 1 aliphatic heterocycles. The van der Waals surface area contributed by atoms with Gasteiger partial charge in [0.2, 0.25) is 0 Å². The average Bonchev–Trinajstić information content (AvgIpc) is 2.97. The second kappa shape index (κ2) is 8.93. The number of carbonyl (C=O) groups is 1. The van der Waals surface area contributed by atoms with Crippen LogP contribution in [0.2, 0.25) is 5.02 Å². The van der Waals surface area contributed by atoms with Crippen molar-refractivity contribution in [2.45, 2.75) is 6.92 Å². The molecule has 0 aliphatic carbocycles. The Labute approximate surface area is 168 Å². The first-order chi connectivity index (χ1) is 13.1. The first-order valence-corrected chi connectivity index (χ1v) is 9.70. The van der Waals surface area contributed by atoms with Gasteiger partial charge in [0.15, 0.2) is 5.17 Å². The maximum atomic E-state index is 12.8. The smallest absolute Gasteiger partial charge is 0.266 e. The Bertz CT molecular complexity index is 924. The Balaban J connectivity index is 1.94. The van der Waals surface area contributed by atoms with E-state index in [0.29, 0.717) is 39.7 Å². The summed E-state index contributed by atoms with van der Waals surface area (Å²) in [5, 5.41) is 1.17. The highest BCUT2D eigenvalue weighted by Crippen LogP contribution is 2.36. The van der Waals surface area contributed by atoms with Crippen molar-refractivity contribution in [3.63, 3.8) is 0 Å². The lowest BCUT2D eigenvalue weighted by molar-refractivity contribution is -0.122. The summed E-state index contributed by atoms with van der Waals surface area (Å²) in [6.07, 6.45) is 3.52. The van der Waals surface area contributed by atoms with E-state index in [9.17, 15) is 4.79 Å². The minimum Gasteiger partial charge on any atom is -0.489 e. The highest BCUT2D eigenvalue weighted by Gasteiger charge is 2.32. The van der Waals surface area contributed by atoms with E-state index in [1.807, 2.05) is 55.5 Å². The van der Waals surface area contributed by atoms with Crippen LogP contribution in [0.5, 0.6) is 5.75 Å². The Morgan fingerprint density at radius 3 is 2.70 bits per heavy atom. The van der Waals surface area contributed by atoms with Crippen molar-refractivity contribution in [2.24, 2.45) is 4.99 Å². The standard InChI is InChI=1S/C21H19ClN2O2S/c1-3-13-26-18-12-8-5-9-15(18)14-19-20(25)24(4-2)21(27-19)23-17-11-7-6-10-16(17)22/h3,5-12,14H,1,4,13H2,2H3/b19-14+,23-21?. The molecular weight excluding hydrogens is 380 g/mol. The van der Waals surface area contributed by atoms with Crippen LogP contribution in [0.4, 0.5) is 5.69 Å². The molecule has 0 N–H and O–H groups in total. The zero-order valence-corrected chi connectivity index (χ0v) is 16.5. The Morgan fingerprint density at radius 2 is 1.96 bits per heavy atom. The van der Waals surface area contributed by atoms with Crippen LogP contribution in [0.3, 0.4) is 0 Å². The predicted octanol–water partition coefficient (Wildman–Crippen LogP) is 5.53. The van der Waals surface area contributed by atoms with E-state index >= 15 is 0 Å². The van der Waals surface area contributed by atoms with Crippen LogP contribution >= 0.6 is 23.4 Å². The molecule has 1 aliphatic rings. The molecule has 2 aromatic carbocycles. The number of ether oxygens (including phenoxy) is 1. The molecule has 1 fully saturated rings. The lowest BCUT2D eigenvalue weighted by Crippen LogP contribution is -2.28. The van der Waals surface area contributed by atoms with Crippen molar-refractivity contribution in [1.29, 1.82) is 0 Å². The second-order valence-electron chi connectivity index (χ2n) is 5.64. The Morgan fingerprint density at radius 1 is 1.22 bits per heavy atom. The highest BCUT2D eigenvalue weighted by atomic mass is 35.5. The molecule has 0 spiro atoms. The largest absolute Gasteiger partial charge is 0.489 e. The molecular formula is C21H19ClN2O2S. The molecule has 1 saturated heterocycles. The lowest BCUT2D eigenvalue weighted by Gasteiger charge is -2.12. The zero-order chi connectivity index (χ0) is 19.2. The van der Waals surface area contributed by atoms with E-state index in [0.717, 1.165) is 5.56 Å². The van der Waals surface area contributed by atoms with Crippen LogP contribution in [0.25, 0.3) is 6.08 Å². The quantitative estimate of drug-likeness (QED) is 0.474. The minimum atomic E-state index is -0.0770. The molecule has 0 atom stereocenters. The van der Waals surface area contributed by atoms with Gasteiger partial charge in [0.1, 0.15) is 12.4 Å². The topological polar surface area (TPSA) is 41.9 Å². The van der Waals surface area contributed by atoms with Crippen LogP contribution in [0.1, 0.15) is 12.5 Å². The van der Waals surface area contributed by atoms with E-state index in [1.165, 1.54) is 11.8 Å². The molecule has 0 radical (unpaired) electrons. The number of amides is 1. The molecule has 3 rings (SSSR count). The number of para-hydroxylation sites is 2. The maximum Gasteiger partial charge on any atom is 0.266 e. The normalized spacial score (nSPS) is 17.0. The fourth-order valence-corrected chi connectivity index (χ4v) is 3.76. The number of rotatable bonds is 6. The third-order valence-corrected chi connectivity index (χ3v) is 5.16. The van der Waals surface area contributed by atoms with Gasteiger partial charge in [-0.3, -0.25) is 9.69 Å². The van der Waals surface area contributed by atoms with E-state index in [-0.39, 0.29) is 5.91 Å². The SMILES string of the molecule is C=CCOc1ccccc1/C=C1/SC(=Nc2ccccc2Cl)N(CC)C1=O. The average molecular weight is 399 g/mol. The first kappa shape index (κ1) is 19.3. The van der Waals surface area contributed by atoms with E-state index in [4.69, 9.17) is 16.3 Å². The summed E-state index contributed by atoms with van der Waals surface area (Å²) in [5.74, 6) is 0.629. The number of hydrogen-bond acceptors (Lipinski definition) is 4. The summed E-state index contributed by atoms with van der Waals surface area (Å²) in [7, 11) is 0. The van der Waals surface area contributed by atoms with Crippen LogP contribution < -0.4 is 4.74 Å². The van der Waals surface area contributed by atoms with Gasteiger partial charge in [0.05, 0.1) is 15.6 Å². The van der Waals surface area contributed by atoms with E-state index in [2.05, 4.69) is 11.6 Å². The highest BCUT2D eigenvalue weighted by molar-refractivity contribution is 8.18. The number of halogens is 1. The number of nitrogens with zero attached hydrogens (tertiary/aromatic N) is 2. The second-order valence-corrected chi connectivity index (χ2v) is 7.06. The summed E-state index contributed by atoms with van der Waals surface area (Å²) < 4.78 is 5.68. The monoisotopic (exact) mass is 398 g/mol. The number of amidine groups is 1. The van der Waals surface area contributed by atoms with E-state index in [1.54, 1.807) is 17.0 Å². The van der Waals surface area contributed by atoms with Crippen molar-refractivity contribution in [3.8, 4) is 5.75 Å². The minimum absolute atomic E-state index is 0.0770. The van der Waals surface area contributed by atoms with Gasteiger partial charge in [0, 0.05) is 12.1 Å². The van der Waals surface area contributed by atoms with Gasteiger partial charge >= 0.3 is 0 Å². The molecule has 138 valence electrons. The molecule has 27 heavy (non-hydrogen) atoms. The van der Waals surface area contributed by atoms with Crippen molar-refractivity contribution in [3.05, 3.63) is 76.7 Å². The van der Waals surface area contributed by atoms with Gasteiger partial charge in [-0.25, -0.2) is 4.99 Å². The third-order valence-electron chi connectivity index (χ3n) is 3.84. The van der Waals surface area contributed by atoms with Gasteiger partial charge in [-0.15, -0.1) is 0 Å². The zero-order valence-electron chi connectivity index (χ0n) is 14.9. The first-order valence-electron chi connectivity index (χ1n) is 8.51. The molecule has 0 unspecified atom stereocenters. The molecule has 0 saturated carbocycles. The van der Waals surface area contributed by atoms with E-state index < -0.39 is 0 Å². The fourth-order valence-electron chi connectivity index (χ4n) is 2.54. The van der Waals surface area contributed by atoms with Gasteiger partial charge in [-0.05, 0) is 43.0 Å².